The summed E-state index contributed by atoms with van der Waals surface area (Å²) < 4.78 is 45.0. The molecule has 0 aliphatic rings. The fraction of sp³-hybridized carbons (Fsp3) is 0.100. The zero-order chi connectivity index (χ0) is 14.9. The molecule has 0 radical (unpaired) electrons. The standard InChI is InChI=1S/C10H4ClF3N2O3S/c11-4-1-2-6(5(3-4)7(17)18)19-9-15-8(16-20-9)10(12,13)14/h1-3H,(H,17,18). The second kappa shape index (κ2) is 5.25. The fourth-order valence-electron chi connectivity index (χ4n) is 1.22. The van der Waals surface area contributed by atoms with E-state index in [1.54, 1.807) is 0 Å². The topological polar surface area (TPSA) is 72.3 Å². The highest BCUT2D eigenvalue weighted by molar-refractivity contribution is 7.07. The van der Waals surface area contributed by atoms with Crippen molar-refractivity contribution in [1.82, 2.24) is 9.36 Å². The lowest BCUT2D eigenvalue weighted by Gasteiger charge is -2.05. The first-order valence-corrected chi connectivity index (χ1v) is 6.04. The molecule has 0 aliphatic carbocycles. The number of carboxylic acid groups (broad SMARTS) is 1. The van der Waals surface area contributed by atoms with Gasteiger partial charge in [0.1, 0.15) is 11.3 Å². The predicted octanol–water partition coefficient (Wildman–Crippen LogP) is 3.70. The number of rotatable bonds is 3. The number of hydrogen-bond acceptors (Lipinski definition) is 5. The lowest BCUT2D eigenvalue weighted by Crippen LogP contribution is -2.07. The molecular weight excluding hydrogens is 321 g/mol. The highest BCUT2D eigenvalue weighted by Gasteiger charge is 2.36. The van der Waals surface area contributed by atoms with Crippen LogP contribution in [0.3, 0.4) is 0 Å². The minimum Gasteiger partial charge on any atom is -0.478 e. The molecule has 1 N–H and O–H groups in total. The SMILES string of the molecule is O=C(O)c1cc(Cl)ccc1Oc1nc(C(F)(F)F)ns1. The Morgan fingerprint density at radius 1 is 1.40 bits per heavy atom. The molecule has 0 fully saturated rings. The van der Waals surface area contributed by atoms with Gasteiger partial charge in [0.05, 0.1) is 0 Å². The predicted molar refractivity (Wildman–Crippen MR) is 63.4 cm³/mol. The summed E-state index contributed by atoms with van der Waals surface area (Å²) in [5, 5.41) is 8.69. The molecule has 5 nitrogen and oxygen atoms in total. The molecule has 0 atom stereocenters. The third-order valence-electron chi connectivity index (χ3n) is 2.03. The van der Waals surface area contributed by atoms with Gasteiger partial charge in [-0.25, -0.2) is 4.79 Å². The van der Waals surface area contributed by atoms with Crippen LogP contribution in [0.25, 0.3) is 0 Å². The zero-order valence-corrected chi connectivity index (χ0v) is 10.9. The van der Waals surface area contributed by atoms with Crippen LogP contribution >= 0.6 is 23.1 Å². The van der Waals surface area contributed by atoms with Crippen LogP contribution in [0, 0.1) is 0 Å². The summed E-state index contributed by atoms with van der Waals surface area (Å²) in [7, 11) is 0. The Hall–Kier alpha value is -1.87. The van der Waals surface area contributed by atoms with Crippen LogP contribution in [0.5, 0.6) is 10.9 Å². The fourth-order valence-corrected chi connectivity index (χ4v) is 1.95. The van der Waals surface area contributed by atoms with Crippen LogP contribution in [0.15, 0.2) is 18.2 Å². The molecule has 20 heavy (non-hydrogen) atoms. The van der Waals surface area contributed by atoms with E-state index in [4.69, 9.17) is 21.4 Å². The van der Waals surface area contributed by atoms with E-state index < -0.39 is 23.2 Å². The van der Waals surface area contributed by atoms with E-state index in [0.717, 1.165) is 6.07 Å². The largest absolute Gasteiger partial charge is 0.478 e. The molecule has 0 unspecified atom stereocenters. The molecule has 0 aliphatic heterocycles. The number of ether oxygens (including phenoxy) is 1. The van der Waals surface area contributed by atoms with Gasteiger partial charge in [0.15, 0.2) is 0 Å². The van der Waals surface area contributed by atoms with Gasteiger partial charge in [-0.15, -0.1) is 0 Å². The molecule has 2 aromatic rings. The number of carboxylic acids is 1. The normalized spacial score (nSPS) is 11.4. The molecule has 0 spiro atoms. The number of halogens is 4. The molecule has 1 aromatic carbocycles. The van der Waals surface area contributed by atoms with Crippen molar-refractivity contribution >= 4 is 29.1 Å². The van der Waals surface area contributed by atoms with Gasteiger partial charge < -0.3 is 9.84 Å². The molecule has 0 amide bonds. The third kappa shape index (κ3) is 3.17. The number of aromatic carboxylic acids is 1. The van der Waals surface area contributed by atoms with E-state index in [0.29, 0.717) is 11.5 Å². The number of hydrogen-bond donors (Lipinski definition) is 1. The van der Waals surface area contributed by atoms with Gasteiger partial charge in [-0.1, -0.05) is 11.6 Å². The molecule has 0 bridgehead atoms. The average Bonchev–Trinajstić information content (AvgIpc) is 2.79. The number of carbonyl (C=O) groups is 1. The smallest absolute Gasteiger partial charge is 0.452 e. The maximum Gasteiger partial charge on any atom is 0.452 e. The number of nitrogens with zero attached hydrogens (tertiary/aromatic N) is 2. The van der Waals surface area contributed by atoms with E-state index in [1.807, 2.05) is 0 Å². The zero-order valence-electron chi connectivity index (χ0n) is 9.31. The highest BCUT2D eigenvalue weighted by Crippen LogP contribution is 2.33. The molecule has 10 heteroatoms. The van der Waals surface area contributed by atoms with Crippen LogP contribution in [0.1, 0.15) is 16.2 Å². The van der Waals surface area contributed by atoms with Crippen LogP contribution in [0.2, 0.25) is 5.02 Å². The first-order valence-electron chi connectivity index (χ1n) is 4.89. The summed E-state index contributed by atoms with van der Waals surface area (Å²) in [4.78, 5) is 14.1. The maximum atomic E-state index is 12.3. The Morgan fingerprint density at radius 2 is 2.10 bits per heavy atom. The summed E-state index contributed by atoms with van der Waals surface area (Å²) in [6.45, 7) is 0. The van der Waals surface area contributed by atoms with Gasteiger partial charge in [-0.05, 0) is 18.2 Å². The number of benzene rings is 1. The van der Waals surface area contributed by atoms with Crippen molar-refractivity contribution in [1.29, 1.82) is 0 Å². The summed E-state index contributed by atoms with van der Waals surface area (Å²) >= 11 is 6.00. The van der Waals surface area contributed by atoms with Gasteiger partial charge in [0, 0.05) is 16.6 Å². The van der Waals surface area contributed by atoms with E-state index in [9.17, 15) is 18.0 Å². The minimum absolute atomic E-state index is 0.156. The van der Waals surface area contributed by atoms with Crippen LogP contribution in [-0.2, 0) is 6.18 Å². The second-order valence-corrected chi connectivity index (χ2v) is 4.58. The van der Waals surface area contributed by atoms with Crippen molar-refractivity contribution in [2.75, 3.05) is 0 Å². The van der Waals surface area contributed by atoms with Crippen molar-refractivity contribution in [3.05, 3.63) is 34.6 Å². The summed E-state index contributed by atoms with van der Waals surface area (Å²) in [5.74, 6) is -2.85. The molecule has 0 saturated carbocycles. The molecule has 2 rings (SSSR count). The van der Waals surface area contributed by atoms with Gasteiger partial charge in [-0.2, -0.15) is 22.5 Å². The average molecular weight is 325 g/mol. The van der Waals surface area contributed by atoms with Crippen LogP contribution < -0.4 is 4.74 Å². The summed E-state index contributed by atoms with van der Waals surface area (Å²) in [6, 6.07) is 3.68. The lowest BCUT2D eigenvalue weighted by atomic mass is 10.2. The Kier molecular flexibility index (Phi) is 3.82. The van der Waals surface area contributed by atoms with Gasteiger partial charge in [0.2, 0.25) is 0 Å². The first kappa shape index (κ1) is 14.5. The molecule has 0 saturated heterocycles. The highest BCUT2D eigenvalue weighted by atomic mass is 35.5. The van der Waals surface area contributed by atoms with Gasteiger partial charge >= 0.3 is 12.1 Å². The summed E-state index contributed by atoms with van der Waals surface area (Å²) in [5.41, 5.74) is -0.291. The summed E-state index contributed by atoms with van der Waals surface area (Å²) in [6.07, 6.45) is -4.69. The Labute approximate surface area is 118 Å². The van der Waals surface area contributed by atoms with Crippen molar-refractivity contribution < 1.29 is 27.8 Å². The Morgan fingerprint density at radius 3 is 2.65 bits per heavy atom. The molecule has 1 heterocycles. The van der Waals surface area contributed by atoms with Crippen molar-refractivity contribution in [2.24, 2.45) is 0 Å². The van der Waals surface area contributed by atoms with Gasteiger partial charge in [-0.3, -0.25) is 0 Å². The monoisotopic (exact) mass is 324 g/mol. The van der Waals surface area contributed by atoms with Crippen LogP contribution in [-0.4, -0.2) is 20.4 Å². The van der Waals surface area contributed by atoms with Crippen molar-refractivity contribution in [2.45, 2.75) is 6.18 Å². The van der Waals surface area contributed by atoms with Gasteiger partial charge in [0.25, 0.3) is 11.0 Å². The van der Waals surface area contributed by atoms with E-state index in [1.165, 1.54) is 12.1 Å². The lowest BCUT2D eigenvalue weighted by molar-refractivity contribution is -0.144. The number of aromatic nitrogens is 2. The number of alkyl halides is 3. The second-order valence-electron chi connectivity index (χ2n) is 3.43. The quantitative estimate of drug-likeness (QED) is 0.932. The molecular formula is C10H4ClF3N2O3S. The third-order valence-corrected chi connectivity index (χ3v) is 2.86. The van der Waals surface area contributed by atoms with Crippen LogP contribution in [0.4, 0.5) is 13.2 Å². The van der Waals surface area contributed by atoms with E-state index in [2.05, 4.69) is 9.36 Å². The van der Waals surface area contributed by atoms with E-state index >= 15 is 0 Å². The minimum atomic E-state index is -4.69. The maximum absolute atomic E-state index is 12.3. The van der Waals surface area contributed by atoms with Crippen molar-refractivity contribution in [3.63, 3.8) is 0 Å². The first-order chi connectivity index (χ1) is 9.27. The molecule has 1 aromatic heterocycles. The Balaban J connectivity index is 2.31. The van der Waals surface area contributed by atoms with E-state index in [-0.39, 0.29) is 16.3 Å². The Bertz CT molecular complexity index is 659. The van der Waals surface area contributed by atoms with Crippen molar-refractivity contribution in [3.8, 4) is 10.9 Å². The molecule has 106 valence electrons.